The molecule has 0 aliphatic carbocycles. The molecule has 0 N–H and O–H groups in total. The van der Waals surface area contributed by atoms with Gasteiger partial charge >= 0.3 is 0 Å². The fraction of sp³-hybridized carbons (Fsp3) is 0.188. The quantitative estimate of drug-likeness (QED) is 0.738. The molecule has 0 radical (unpaired) electrons. The summed E-state index contributed by atoms with van der Waals surface area (Å²) in [6.45, 7) is 0.268. The van der Waals surface area contributed by atoms with Crippen molar-refractivity contribution in [1.82, 2.24) is 14.5 Å². The predicted molar refractivity (Wildman–Crippen MR) is 81.8 cm³/mol. The van der Waals surface area contributed by atoms with E-state index in [-0.39, 0.29) is 23.8 Å². The molecule has 0 spiro atoms. The van der Waals surface area contributed by atoms with Gasteiger partial charge in [-0.25, -0.2) is 0 Å². The Morgan fingerprint density at radius 1 is 1.27 bits per heavy atom. The predicted octanol–water partition coefficient (Wildman–Crippen LogP) is 1.74. The Morgan fingerprint density at radius 2 is 2.09 bits per heavy atom. The third-order valence-electron chi connectivity index (χ3n) is 3.35. The average Bonchev–Trinajstić information content (AvgIpc) is 2.98. The SMILES string of the molecule is CN(C)C(=O)c1ccc(Cn2ccc3ncccc3c2=O)o1. The maximum absolute atomic E-state index is 12.4. The van der Waals surface area contributed by atoms with E-state index >= 15 is 0 Å². The van der Waals surface area contributed by atoms with E-state index in [1.807, 2.05) is 0 Å². The lowest BCUT2D eigenvalue weighted by atomic mass is 10.2. The van der Waals surface area contributed by atoms with Crippen LogP contribution in [0.15, 0.2) is 51.9 Å². The van der Waals surface area contributed by atoms with Crippen molar-refractivity contribution in [2.24, 2.45) is 0 Å². The zero-order chi connectivity index (χ0) is 15.7. The molecule has 0 unspecified atom stereocenters. The van der Waals surface area contributed by atoms with Gasteiger partial charge in [0.25, 0.3) is 11.5 Å². The van der Waals surface area contributed by atoms with Crippen LogP contribution in [0, 0.1) is 0 Å². The second-order valence-corrected chi connectivity index (χ2v) is 5.15. The minimum absolute atomic E-state index is 0.137. The largest absolute Gasteiger partial charge is 0.454 e. The lowest BCUT2D eigenvalue weighted by molar-refractivity contribution is 0.0794. The molecule has 112 valence electrons. The molecule has 1 amide bonds. The molecule has 0 saturated heterocycles. The molecule has 0 fully saturated rings. The molecule has 0 atom stereocenters. The van der Waals surface area contributed by atoms with Gasteiger partial charge in [-0.3, -0.25) is 14.6 Å². The van der Waals surface area contributed by atoms with Crippen LogP contribution < -0.4 is 5.56 Å². The van der Waals surface area contributed by atoms with Crippen molar-refractivity contribution < 1.29 is 9.21 Å². The molecular formula is C16H15N3O3. The zero-order valence-electron chi connectivity index (χ0n) is 12.3. The number of carbonyl (C=O) groups is 1. The first kappa shape index (κ1) is 14.1. The molecule has 0 bridgehead atoms. The van der Waals surface area contributed by atoms with Crippen molar-refractivity contribution in [3.63, 3.8) is 0 Å². The summed E-state index contributed by atoms with van der Waals surface area (Å²) >= 11 is 0. The Labute approximate surface area is 126 Å². The number of aromatic nitrogens is 2. The summed E-state index contributed by atoms with van der Waals surface area (Å²) in [6, 6.07) is 8.58. The van der Waals surface area contributed by atoms with Crippen LogP contribution in [0.25, 0.3) is 10.9 Å². The van der Waals surface area contributed by atoms with Crippen LogP contribution in [0.3, 0.4) is 0 Å². The van der Waals surface area contributed by atoms with E-state index in [2.05, 4.69) is 4.98 Å². The van der Waals surface area contributed by atoms with Gasteiger partial charge in [0.2, 0.25) is 0 Å². The standard InChI is InChI=1S/C16H15N3O3/c1-18(2)16(21)14-6-5-11(22-14)10-19-9-7-13-12(15(19)20)4-3-8-17-13/h3-9H,10H2,1-2H3. The van der Waals surface area contributed by atoms with Gasteiger partial charge in [0.15, 0.2) is 5.76 Å². The summed E-state index contributed by atoms with van der Waals surface area (Å²) in [5.74, 6) is 0.604. The maximum atomic E-state index is 12.4. The van der Waals surface area contributed by atoms with Crippen molar-refractivity contribution in [2.45, 2.75) is 6.54 Å². The smallest absolute Gasteiger partial charge is 0.289 e. The van der Waals surface area contributed by atoms with Crippen molar-refractivity contribution >= 4 is 16.8 Å². The highest BCUT2D eigenvalue weighted by atomic mass is 16.4. The van der Waals surface area contributed by atoms with Crippen molar-refractivity contribution in [3.8, 4) is 0 Å². The van der Waals surface area contributed by atoms with E-state index < -0.39 is 0 Å². The topological polar surface area (TPSA) is 68.3 Å². The normalized spacial score (nSPS) is 10.8. The molecule has 0 aromatic carbocycles. The first-order chi connectivity index (χ1) is 10.6. The number of hydrogen-bond donors (Lipinski definition) is 0. The molecule has 22 heavy (non-hydrogen) atoms. The van der Waals surface area contributed by atoms with Crippen LogP contribution in [0.1, 0.15) is 16.3 Å². The average molecular weight is 297 g/mol. The minimum atomic E-state index is -0.207. The van der Waals surface area contributed by atoms with Crippen molar-refractivity contribution in [2.75, 3.05) is 14.1 Å². The van der Waals surface area contributed by atoms with Crippen LogP contribution >= 0.6 is 0 Å². The number of hydrogen-bond acceptors (Lipinski definition) is 4. The third-order valence-corrected chi connectivity index (χ3v) is 3.35. The monoisotopic (exact) mass is 297 g/mol. The summed E-state index contributed by atoms with van der Waals surface area (Å²) in [7, 11) is 3.32. The fourth-order valence-corrected chi connectivity index (χ4v) is 2.20. The summed E-state index contributed by atoms with van der Waals surface area (Å²) in [4.78, 5) is 29.8. The van der Waals surface area contributed by atoms with E-state index in [0.717, 1.165) is 0 Å². The molecule has 3 rings (SSSR count). The van der Waals surface area contributed by atoms with E-state index in [0.29, 0.717) is 16.7 Å². The Bertz CT molecular complexity index is 893. The lowest BCUT2D eigenvalue weighted by Gasteiger charge is -2.07. The fourth-order valence-electron chi connectivity index (χ4n) is 2.20. The lowest BCUT2D eigenvalue weighted by Crippen LogP contribution is -2.21. The van der Waals surface area contributed by atoms with Crippen LogP contribution in [0.2, 0.25) is 0 Å². The molecule has 6 heteroatoms. The zero-order valence-corrected chi connectivity index (χ0v) is 12.3. The molecule has 6 nitrogen and oxygen atoms in total. The Balaban J connectivity index is 1.92. The Morgan fingerprint density at radius 3 is 2.86 bits per heavy atom. The number of amides is 1. The van der Waals surface area contributed by atoms with E-state index in [1.54, 1.807) is 56.8 Å². The molecule has 0 aliphatic rings. The van der Waals surface area contributed by atoms with Gasteiger partial charge in [0.05, 0.1) is 17.4 Å². The van der Waals surface area contributed by atoms with Gasteiger partial charge in [-0.1, -0.05) is 0 Å². The van der Waals surface area contributed by atoms with E-state index in [9.17, 15) is 9.59 Å². The van der Waals surface area contributed by atoms with E-state index in [4.69, 9.17) is 4.42 Å². The molecule has 3 heterocycles. The highest BCUT2D eigenvalue weighted by Crippen LogP contribution is 2.12. The van der Waals surface area contributed by atoms with Crippen LogP contribution in [0.4, 0.5) is 0 Å². The Kier molecular flexibility index (Phi) is 3.50. The summed E-state index contributed by atoms with van der Waals surface area (Å²) in [6.07, 6.45) is 3.32. The summed E-state index contributed by atoms with van der Waals surface area (Å²) < 4.78 is 7.05. The number of nitrogens with zero attached hydrogens (tertiary/aromatic N) is 3. The summed E-state index contributed by atoms with van der Waals surface area (Å²) in [5.41, 5.74) is 0.522. The minimum Gasteiger partial charge on any atom is -0.454 e. The van der Waals surface area contributed by atoms with Crippen molar-refractivity contribution in [3.05, 3.63) is 64.6 Å². The second kappa shape index (κ2) is 5.48. The van der Waals surface area contributed by atoms with Crippen LogP contribution in [-0.4, -0.2) is 34.5 Å². The molecule has 3 aromatic rings. The number of rotatable bonds is 3. The first-order valence-corrected chi connectivity index (χ1v) is 6.81. The molecule has 3 aromatic heterocycles. The van der Waals surface area contributed by atoms with Gasteiger partial charge in [-0.2, -0.15) is 0 Å². The number of pyridine rings is 2. The van der Waals surface area contributed by atoms with Gasteiger partial charge in [-0.05, 0) is 30.3 Å². The molecule has 0 saturated carbocycles. The maximum Gasteiger partial charge on any atom is 0.289 e. The van der Waals surface area contributed by atoms with Gasteiger partial charge in [-0.15, -0.1) is 0 Å². The number of furan rings is 1. The first-order valence-electron chi connectivity index (χ1n) is 6.81. The molecular weight excluding hydrogens is 282 g/mol. The van der Waals surface area contributed by atoms with Crippen LogP contribution in [-0.2, 0) is 6.54 Å². The van der Waals surface area contributed by atoms with E-state index in [1.165, 1.54) is 9.47 Å². The van der Waals surface area contributed by atoms with Gasteiger partial charge in [0, 0.05) is 26.5 Å². The van der Waals surface area contributed by atoms with Crippen molar-refractivity contribution in [1.29, 1.82) is 0 Å². The number of carbonyl (C=O) groups excluding carboxylic acids is 1. The van der Waals surface area contributed by atoms with Crippen LogP contribution in [0.5, 0.6) is 0 Å². The second-order valence-electron chi connectivity index (χ2n) is 5.15. The highest BCUT2D eigenvalue weighted by molar-refractivity contribution is 5.91. The summed E-state index contributed by atoms with van der Waals surface area (Å²) in [5, 5.41) is 0.557. The third kappa shape index (κ3) is 2.50. The van der Waals surface area contributed by atoms with Gasteiger partial charge in [0.1, 0.15) is 5.76 Å². The van der Waals surface area contributed by atoms with Gasteiger partial charge < -0.3 is 13.9 Å². The highest BCUT2D eigenvalue weighted by Gasteiger charge is 2.13. The molecule has 0 aliphatic heterocycles. The number of fused-ring (bicyclic) bond motifs is 1. The Hall–Kier alpha value is -2.89.